The van der Waals surface area contributed by atoms with Gasteiger partial charge >= 0.3 is 0 Å². The summed E-state index contributed by atoms with van der Waals surface area (Å²) in [7, 11) is 0. The fraction of sp³-hybridized carbons (Fsp3) is 0.867. The Morgan fingerprint density at radius 2 is 2.17 bits per heavy atom. The van der Waals surface area contributed by atoms with E-state index in [0.29, 0.717) is 6.04 Å². The molecule has 1 aliphatic carbocycles. The molecule has 0 aromatic rings. The summed E-state index contributed by atoms with van der Waals surface area (Å²) in [5, 5.41) is 3.76. The SMILES string of the molecule is CC(=CCl)CN1CC(C2CC2)NCC1CC(C)C. The Balaban J connectivity index is 1.95. The number of hydrogen-bond acceptors (Lipinski definition) is 2. The summed E-state index contributed by atoms with van der Waals surface area (Å²) in [4.78, 5) is 2.65. The Morgan fingerprint density at radius 3 is 2.72 bits per heavy atom. The number of nitrogens with one attached hydrogen (secondary N) is 1. The van der Waals surface area contributed by atoms with E-state index in [1.807, 2.05) is 0 Å². The molecule has 2 atom stereocenters. The van der Waals surface area contributed by atoms with Crippen LogP contribution in [0.1, 0.15) is 40.0 Å². The molecule has 1 heterocycles. The van der Waals surface area contributed by atoms with Gasteiger partial charge in [0.2, 0.25) is 0 Å². The topological polar surface area (TPSA) is 15.3 Å². The molecule has 0 aromatic carbocycles. The summed E-state index contributed by atoms with van der Waals surface area (Å²) < 4.78 is 0. The van der Waals surface area contributed by atoms with Crippen molar-refractivity contribution < 1.29 is 0 Å². The molecule has 1 saturated carbocycles. The zero-order valence-electron chi connectivity index (χ0n) is 12.0. The van der Waals surface area contributed by atoms with Crippen molar-refractivity contribution in [1.29, 1.82) is 0 Å². The van der Waals surface area contributed by atoms with E-state index in [9.17, 15) is 0 Å². The lowest BCUT2D eigenvalue weighted by atomic mass is 9.97. The van der Waals surface area contributed by atoms with Gasteiger partial charge in [-0.1, -0.05) is 25.4 Å². The van der Waals surface area contributed by atoms with Crippen LogP contribution < -0.4 is 5.32 Å². The monoisotopic (exact) mass is 270 g/mol. The molecule has 2 unspecified atom stereocenters. The Bertz CT molecular complexity index is 297. The highest BCUT2D eigenvalue weighted by molar-refractivity contribution is 6.25. The lowest BCUT2D eigenvalue weighted by Crippen LogP contribution is -2.57. The standard InChI is InChI=1S/C15H27ClN2/c1-11(2)6-14-8-17-15(13-4-5-13)10-18(14)9-12(3)7-16/h7,11,13-15,17H,4-6,8-10H2,1-3H3. The minimum Gasteiger partial charge on any atom is -0.311 e. The van der Waals surface area contributed by atoms with Crippen molar-refractivity contribution in [2.24, 2.45) is 11.8 Å². The molecule has 0 spiro atoms. The number of halogens is 1. The first-order valence-corrected chi connectivity index (χ1v) is 7.77. The summed E-state index contributed by atoms with van der Waals surface area (Å²) in [5.41, 5.74) is 3.02. The van der Waals surface area contributed by atoms with E-state index in [2.05, 4.69) is 31.0 Å². The molecule has 18 heavy (non-hydrogen) atoms. The van der Waals surface area contributed by atoms with Crippen molar-refractivity contribution in [3.05, 3.63) is 11.1 Å². The van der Waals surface area contributed by atoms with Gasteiger partial charge in [0.05, 0.1) is 0 Å². The van der Waals surface area contributed by atoms with Gasteiger partial charge in [-0.05, 0) is 43.6 Å². The third kappa shape index (κ3) is 3.97. The molecule has 0 bridgehead atoms. The first-order valence-electron chi connectivity index (χ1n) is 7.33. The maximum Gasteiger partial charge on any atom is 0.0227 e. The van der Waals surface area contributed by atoms with Crippen LogP contribution in [-0.4, -0.2) is 36.6 Å². The van der Waals surface area contributed by atoms with Crippen LogP contribution in [0, 0.1) is 11.8 Å². The Morgan fingerprint density at radius 1 is 1.44 bits per heavy atom. The molecular formula is C15H27ClN2. The zero-order valence-corrected chi connectivity index (χ0v) is 12.7. The van der Waals surface area contributed by atoms with E-state index >= 15 is 0 Å². The molecule has 0 amide bonds. The first-order chi connectivity index (χ1) is 8.60. The number of nitrogens with zero attached hydrogens (tertiary/aromatic N) is 1. The number of hydrogen-bond donors (Lipinski definition) is 1. The Hall–Kier alpha value is -0.0500. The quantitative estimate of drug-likeness (QED) is 0.825. The molecule has 1 N–H and O–H groups in total. The first kappa shape index (κ1) is 14.4. The van der Waals surface area contributed by atoms with Gasteiger partial charge in [-0.2, -0.15) is 0 Å². The second kappa shape index (κ2) is 6.40. The molecule has 104 valence electrons. The number of rotatable bonds is 5. The molecule has 1 aliphatic heterocycles. The van der Waals surface area contributed by atoms with Gasteiger partial charge in [0.15, 0.2) is 0 Å². The van der Waals surface area contributed by atoms with E-state index < -0.39 is 0 Å². The zero-order chi connectivity index (χ0) is 13.1. The highest BCUT2D eigenvalue weighted by Crippen LogP contribution is 2.34. The molecule has 2 fully saturated rings. The van der Waals surface area contributed by atoms with Gasteiger partial charge < -0.3 is 5.32 Å². The van der Waals surface area contributed by atoms with E-state index in [0.717, 1.165) is 31.0 Å². The van der Waals surface area contributed by atoms with Crippen LogP contribution >= 0.6 is 11.6 Å². The minimum atomic E-state index is 0.673. The van der Waals surface area contributed by atoms with Crippen molar-refractivity contribution in [3.8, 4) is 0 Å². The average molecular weight is 271 g/mol. The average Bonchev–Trinajstić information content (AvgIpc) is 3.14. The third-order valence-electron chi connectivity index (χ3n) is 4.14. The minimum absolute atomic E-state index is 0.673. The highest BCUT2D eigenvalue weighted by atomic mass is 35.5. The fourth-order valence-electron chi connectivity index (χ4n) is 3.02. The van der Waals surface area contributed by atoms with Crippen LogP contribution in [0.3, 0.4) is 0 Å². The van der Waals surface area contributed by atoms with Crippen LogP contribution in [0.4, 0.5) is 0 Å². The third-order valence-corrected chi connectivity index (χ3v) is 4.51. The van der Waals surface area contributed by atoms with E-state index in [-0.39, 0.29) is 0 Å². The normalized spacial score (nSPS) is 31.1. The van der Waals surface area contributed by atoms with Gasteiger partial charge in [0.25, 0.3) is 0 Å². The van der Waals surface area contributed by atoms with Crippen molar-refractivity contribution in [2.75, 3.05) is 19.6 Å². The summed E-state index contributed by atoms with van der Waals surface area (Å²) in [5.74, 6) is 1.70. The Kier molecular flexibility index (Phi) is 5.11. The molecular weight excluding hydrogens is 244 g/mol. The number of piperazine rings is 1. The smallest absolute Gasteiger partial charge is 0.0227 e. The van der Waals surface area contributed by atoms with Crippen molar-refractivity contribution in [3.63, 3.8) is 0 Å². The second-order valence-corrected chi connectivity index (χ2v) is 6.74. The summed E-state index contributed by atoms with van der Waals surface area (Å²) in [6, 6.07) is 1.39. The van der Waals surface area contributed by atoms with Crippen LogP contribution in [0.25, 0.3) is 0 Å². The summed E-state index contributed by atoms with van der Waals surface area (Å²) in [6.07, 6.45) is 4.12. The fourth-order valence-corrected chi connectivity index (χ4v) is 3.09. The maximum absolute atomic E-state index is 5.83. The van der Waals surface area contributed by atoms with E-state index in [1.165, 1.54) is 31.4 Å². The summed E-state index contributed by atoms with van der Waals surface area (Å²) in [6.45, 7) is 10.1. The molecule has 0 aromatic heterocycles. The largest absolute Gasteiger partial charge is 0.311 e. The maximum atomic E-state index is 5.83. The predicted molar refractivity (Wildman–Crippen MR) is 78.9 cm³/mol. The molecule has 2 aliphatic rings. The molecule has 2 nitrogen and oxygen atoms in total. The van der Waals surface area contributed by atoms with Gasteiger partial charge in [-0.25, -0.2) is 0 Å². The van der Waals surface area contributed by atoms with Crippen molar-refractivity contribution in [1.82, 2.24) is 10.2 Å². The van der Waals surface area contributed by atoms with Crippen molar-refractivity contribution in [2.45, 2.75) is 52.1 Å². The molecule has 2 rings (SSSR count). The van der Waals surface area contributed by atoms with Gasteiger partial charge in [0.1, 0.15) is 0 Å². The van der Waals surface area contributed by atoms with Gasteiger partial charge in [0, 0.05) is 37.3 Å². The molecule has 1 saturated heterocycles. The predicted octanol–water partition coefficient (Wildman–Crippen LogP) is 3.23. The summed E-state index contributed by atoms with van der Waals surface area (Å²) >= 11 is 5.83. The lowest BCUT2D eigenvalue weighted by Gasteiger charge is -2.41. The Labute approximate surface area is 117 Å². The second-order valence-electron chi connectivity index (χ2n) is 6.52. The van der Waals surface area contributed by atoms with E-state index in [4.69, 9.17) is 11.6 Å². The van der Waals surface area contributed by atoms with Gasteiger partial charge in [-0.3, -0.25) is 4.90 Å². The van der Waals surface area contributed by atoms with Crippen LogP contribution in [-0.2, 0) is 0 Å². The van der Waals surface area contributed by atoms with Crippen LogP contribution in [0.2, 0.25) is 0 Å². The van der Waals surface area contributed by atoms with Crippen LogP contribution in [0.5, 0.6) is 0 Å². The van der Waals surface area contributed by atoms with Crippen molar-refractivity contribution >= 4 is 11.6 Å². The highest BCUT2D eigenvalue weighted by Gasteiger charge is 2.37. The molecule has 3 heteroatoms. The van der Waals surface area contributed by atoms with Gasteiger partial charge in [-0.15, -0.1) is 0 Å². The van der Waals surface area contributed by atoms with Crippen LogP contribution in [0.15, 0.2) is 11.1 Å². The lowest BCUT2D eigenvalue weighted by molar-refractivity contribution is 0.117. The van der Waals surface area contributed by atoms with E-state index in [1.54, 1.807) is 5.54 Å². The molecule has 0 radical (unpaired) electrons.